The number of likely N-dealkylation sites (N-methyl/N-ethyl adjacent to an activating group) is 1. The van der Waals surface area contributed by atoms with Crippen LogP contribution in [0.15, 0.2) is 60.0 Å². The Hall–Kier alpha value is -2.83. The van der Waals surface area contributed by atoms with E-state index in [-0.39, 0.29) is 5.91 Å². The van der Waals surface area contributed by atoms with Gasteiger partial charge in [-0.05, 0) is 48.7 Å². The fourth-order valence-electron chi connectivity index (χ4n) is 3.53. The van der Waals surface area contributed by atoms with Crippen molar-refractivity contribution in [1.82, 2.24) is 4.90 Å². The second-order valence-corrected chi connectivity index (χ2v) is 8.52. The Labute approximate surface area is 181 Å². The van der Waals surface area contributed by atoms with Crippen molar-refractivity contribution in [3.05, 3.63) is 76.0 Å². The van der Waals surface area contributed by atoms with E-state index in [0.717, 1.165) is 22.9 Å². The summed E-state index contributed by atoms with van der Waals surface area (Å²) in [5.74, 6) is 1.47. The molecule has 0 unspecified atom stereocenters. The summed E-state index contributed by atoms with van der Waals surface area (Å²) in [6.07, 6.45) is 0. The molecule has 5 nitrogen and oxygen atoms in total. The average molecular weight is 423 g/mol. The molecule has 1 amide bonds. The van der Waals surface area contributed by atoms with Gasteiger partial charge in [0.25, 0.3) is 0 Å². The molecule has 0 atom stereocenters. The molecule has 0 saturated heterocycles. The number of benzene rings is 2. The van der Waals surface area contributed by atoms with E-state index in [1.165, 1.54) is 11.1 Å². The first-order chi connectivity index (χ1) is 14.6. The lowest BCUT2D eigenvalue weighted by Gasteiger charge is -2.27. The lowest BCUT2D eigenvalue weighted by Crippen LogP contribution is -2.38. The molecule has 2 heterocycles. The fraction of sp³-hybridized carbons (Fsp3) is 0.292. The van der Waals surface area contributed by atoms with Crippen molar-refractivity contribution in [1.29, 1.82) is 0 Å². The Morgan fingerprint density at radius 3 is 2.57 bits per heavy atom. The van der Waals surface area contributed by atoms with Crippen LogP contribution in [-0.4, -0.2) is 37.6 Å². The van der Waals surface area contributed by atoms with Crippen molar-refractivity contribution in [3.63, 3.8) is 0 Å². The Kier molecular flexibility index (Phi) is 6.35. The predicted octanol–water partition coefficient (Wildman–Crippen LogP) is 4.49. The number of fused-ring (bicyclic) bond motifs is 1. The molecule has 2 aromatic carbocycles. The molecule has 0 aliphatic carbocycles. The number of carbonyl (C=O) groups excluding carboxylic acids is 1. The van der Waals surface area contributed by atoms with Crippen LogP contribution in [0.25, 0.3) is 0 Å². The van der Waals surface area contributed by atoms with Gasteiger partial charge >= 0.3 is 0 Å². The summed E-state index contributed by atoms with van der Waals surface area (Å²) in [5.41, 5.74) is 3.29. The molecule has 156 valence electrons. The van der Waals surface area contributed by atoms with Gasteiger partial charge < -0.3 is 14.4 Å². The maximum absolute atomic E-state index is 13.3. The van der Waals surface area contributed by atoms with Crippen LogP contribution < -0.4 is 14.4 Å². The smallest absolute Gasteiger partial charge is 0.241 e. The van der Waals surface area contributed by atoms with Crippen LogP contribution in [0.2, 0.25) is 0 Å². The Morgan fingerprint density at radius 2 is 1.80 bits per heavy atom. The molecule has 30 heavy (non-hydrogen) atoms. The summed E-state index contributed by atoms with van der Waals surface area (Å²) in [6.45, 7) is 4.76. The second-order valence-electron chi connectivity index (χ2n) is 7.49. The van der Waals surface area contributed by atoms with Crippen LogP contribution in [0.1, 0.15) is 16.0 Å². The largest absolute Gasteiger partial charge is 0.486 e. The van der Waals surface area contributed by atoms with Crippen LogP contribution in [0.4, 0.5) is 5.69 Å². The van der Waals surface area contributed by atoms with Crippen LogP contribution >= 0.6 is 11.3 Å². The number of carbonyl (C=O) groups is 1. The fourth-order valence-corrected chi connectivity index (χ4v) is 4.22. The summed E-state index contributed by atoms with van der Waals surface area (Å²) in [6, 6.07) is 18.1. The second kappa shape index (κ2) is 9.32. The van der Waals surface area contributed by atoms with E-state index < -0.39 is 0 Å². The maximum atomic E-state index is 13.3. The minimum absolute atomic E-state index is 0.0520. The number of aryl methyl sites for hydroxylation is 1. The molecule has 0 spiro atoms. The zero-order chi connectivity index (χ0) is 20.9. The number of nitrogens with zero attached hydrogens (tertiary/aromatic N) is 2. The normalized spacial score (nSPS) is 12.8. The maximum Gasteiger partial charge on any atom is 0.241 e. The van der Waals surface area contributed by atoms with Gasteiger partial charge in [-0.15, -0.1) is 11.3 Å². The number of ether oxygens (including phenoxy) is 2. The Bertz CT molecular complexity index is 1000. The monoisotopic (exact) mass is 422 g/mol. The molecule has 0 bridgehead atoms. The molecule has 1 aliphatic rings. The van der Waals surface area contributed by atoms with Gasteiger partial charge in [0, 0.05) is 23.2 Å². The van der Waals surface area contributed by atoms with Crippen LogP contribution in [0.5, 0.6) is 11.5 Å². The van der Waals surface area contributed by atoms with E-state index in [1.807, 2.05) is 53.7 Å². The molecule has 1 aromatic heterocycles. The number of hydrogen-bond donors (Lipinski definition) is 0. The van der Waals surface area contributed by atoms with Gasteiger partial charge in [0.05, 0.1) is 13.1 Å². The van der Waals surface area contributed by atoms with Crippen LogP contribution in [-0.2, 0) is 17.9 Å². The highest BCUT2D eigenvalue weighted by Gasteiger charge is 2.21. The number of hydrogen-bond acceptors (Lipinski definition) is 5. The van der Waals surface area contributed by atoms with E-state index in [4.69, 9.17) is 9.47 Å². The van der Waals surface area contributed by atoms with Gasteiger partial charge in [-0.2, -0.15) is 0 Å². The summed E-state index contributed by atoms with van der Waals surface area (Å²) in [4.78, 5) is 18.4. The lowest BCUT2D eigenvalue weighted by atomic mass is 10.1. The van der Waals surface area contributed by atoms with Gasteiger partial charge in [0.2, 0.25) is 5.91 Å². The standard InChI is InChI=1S/C24H26N2O3S/c1-18-6-3-4-7-19(18)15-25(2)17-24(27)26(16-21-8-5-13-30-21)20-9-10-22-23(14-20)29-12-11-28-22/h3-10,13-14H,11-12,15-17H2,1-2H3. The predicted molar refractivity (Wildman–Crippen MR) is 120 cm³/mol. The minimum Gasteiger partial charge on any atom is -0.486 e. The van der Waals surface area contributed by atoms with Gasteiger partial charge in [0.1, 0.15) is 13.2 Å². The molecule has 3 aromatic rings. The van der Waals surface area contributed by atoms with Crippen LogP contribution in [0, 0.1) is 6.92 Å². The van der Waals surface area contributed by atoms with Gasteiger partial charge in [-0.25, -0.2) is 0 Å². The number of rotatable bonds is 7. The topological polar surface area (TPSA) is 42.0 Å². The van der Waals surface area contributed by atoms with Crippen molar-refractivity contribution in [2.75, 3.05) is 31.7 Å². The van der Waals surface area contributed by atoms with Crippen molar-refractivity contribution < 1.29 is 14.3 Å². The third-order valence-electron chi connectivity index (χ3n) is 5.14. The molecule has 0 fully saturated rings. The molecule has 0 radical (unpaired) electrons. The summed E-state index contributed by atoms with van der Waals surface area (Å²) in [7, 11) is 1.98. The van der Waals surface area contributed by atoms with Crippen molar-refractivity contribution in [2.24, 2.45) is 0 Å². The zero-order valence-electron chi connectivity index (χ0n) is 17.3. The van der Waals surface area contributed by atoms with Crippen molar-refractivity contribution in [3.8, 4) is 11.5 Å². The quantitative estimate of drug-likeness (QED) is 0.563. The molecule has 4 rings (SSSR count). The number of amides is 1. The number of anilines is 1. The van der Waals surface area contributed by atoms with Crippen LogP contribution in [0.3, 0.4) is 0 Å². The lowest BCUT2D eigenvalue weighted by molar-refractivity contribution is -0.119. The van der Waals surface area contributed by atoms with Gasteiger partial charge in [-0.3, -0.25) is 9.69 Å². The van der Waals surface area contributed by atoms with E-state index in [0.29, 0.717) is 32.1 Å². The molecule has 1 aliphatic heterocycles. The molecule has 6 heteroatoms. The first-order valence-electron chi connectivity index (χ1n) is 10.1. The summed E-state index contributed by atoms with van der Waals surface area (Å²) in [5, 5.41) is 2.03. The Morgan fingerprint density at radius 1 is 1.00 bits per heavy atom. The SMILES string of the molecule is Cc1ccccc1CN(C)CC(=O)N(Cc1cccs1)c1ccc2c(c1)OCCO2. The number of thiophene rings is 1. The summed E-state index contributed by atoms with van der Waals surface area (Å²) >= 11 is 1.65. The van der Waals surface area contributed by atoms with E-state index in [9.17, 15) is 4.79 Å². The van der Waals surface area contributed by atoms with E-state index in [1.54, 1.807) is 11.3 Å². The minimum atomic E-state index is 0.0520. The third-order valence-corrected chi connectivity index (χ3v) is 6.00. The molecule has 0 N–H and O–H groups in total. The van der Waals surface area contributed by atoms with E-state index in [2.05, 4.69) is 30.0 Å². The average Bonchev–Trinajstić information content (AvgIpc) is 3.26. The first kappa shape index (κ1) is 20.4. The highest BCUT2D eigenvalue weighted by Crippen LogP contribution is 2.34. The van der Waals surface area contributed by atoms with E-state index >= 15 is 0 Å². The van der Waals surface area contributed by atoms with Gasteiger partial charge in [-0.1, -0.05) is 30.3 Å². The third kappa shape index (κ3) is 4.83. The van der Waals surface area contributed by atoms with Crippen molar-refractivity contribution in [2.45, 2.75) is 20.0 Å². The molecular weight excluding hydrogens is 396 g/mol. The molecule has 0 saturated carbocycles. The molecular formula is C24H26N2O3S. The highest BCUT2D eigenvalue weighted by molar-refractivity contribution is 7.09. The first-order valence-corrected chi connectivity index (χ1v) is 10.9. The summed E-state index contributed by atoms with van der Waals surface area (Å²) < 4.78 is 11.4. The Balaban J connectivity index is 1.53. The van der Waals surface area contributed by atoms with Gasteiger partial charge in [0.15, 0.2) is 11.5 Å². The highest BCUT2D eigenvalue weighted by atomic mass is 32.1. The van der Waals surface area contributed by atoms with Crippen molar-refractivity contribution >= 4 is 22.9 Å². The zero-order valence-corrected chi connectivity index (χ0v) is 18.2.